The number of piperidine rings is 1. The second-order valence-corrected chi connectivity index (χ2v) is 5.94. The molecule has 1 aromatic rings. The van der Waals surface area contributed by atoms with Crippen molar-refractivity contribution in [2.45, 2.75) is 39.2 Å². The Hall–Kier alpha value is -1.91. The average molecular weight is 288 g/mol. The van der Waals surface area contributed by atoms with Crippen LogP contribution in [0.3, 0.4) is 0 Å². The molecule has 0 bridgehead atoms. The third-order valence-corrected chi connectivity index (χ3v) is 3.75. The van der Waals surface area contributed by atoms with Gasteiger partial charge >= 0.3 is 0 Å². The SMILES string of the molecule is C=C(C)C[C@H](C)C(=O)N[C@H]1CCCN(c2cccnn2)C1. The van der Waals surface area contributed by atoms with Crippen molar-refractivity contribution in [2.75, 3.05) is 18.0 Å². The zero-order valence-electron chi connectivity index (χ0n) is 12.9. The third kappa shape index (κ3) is 4.55. The number of nitrogens with one attached hydrogen (secondary N) is 1. The molecule has 0 unspecified atom stereocenters. The van der Waals surface area contributed by atoms with E-state index in [1.54, 1.807) is 6.20 Å². The lowest BCUT2D eigenvalue weighted by molar-refractivity contribution is -0.125. The molecule has 2 rings (SSSR count). The molecular formula is C16H24N4O. The molecule has 2 heterocycles. The fourth-order valence-corrected chi connectivity index (χ4v) is 2.72. The van der Waals surface area contributed by atoms with Crippen LogP contribution < -0.4 is 10.2 Å². The zero-order chi connectivity index (χ0) is 15.2. The first kappa shape index (κ1) is 15.5. The number of nitrogens with zero attached hydrogens (tertiary/aromatic N) is 3. The number of amides is 1. The van der Waals surface area contributed by atoms with Gasteiger partial charge in [-0.2, -0.15) is 5.10 Å². The monoisotopic (exact) mass is 288 g/mol. The summed E-state index contributed by atoms with van der Waals surface area (Å²) in [4.78, 5) is 14.4. The molecular weight excluding hydrogens is 264 g/mol. The van der Waals surface area contributed by atoms with Crippen LogP contribution in [0, 0.1) is 5.92 Å². The summed E-state index contributed by atoms with van der Waals surface area (Å²) in [5, 5.41) is 11.2. The first-order valence-corrected chi connectivity index (χ1v) is 7.53. The van der Waals surface area contributed by atoms with Crippen LogP contribution in [-0.2, 0) is 4.79 Å². The van der Waals surface area contributed by atoms with Crippen molar-refractivity contribution in [1.29, 1.82) is 0 Å². The van der Waals surface area contributed by atoms with E-state index in [1.807, 2.05) is 26.0 Å². The highest BCUT2D eigenvalue weighted by Gasteiger charge is 2.24. The molecule has 0 saturated carbocycles. The van der Waals surface area contributed by atoms with E-state index in [9.17, 15) is 4.79 Å². The summed E-state index contributed by atoms with van der Waals surface area (Å²) in [6.45, 7) is 9.54. The van der Waals surface area contributed by atoms with E-state index >= 15 is 0 Å². The molecule has 0 spiro atoms. The Kier molecular flexibility index (Phi) is 5.31. The van der Waals surface area contributed by atoms with Gasteiger partial charge in [-0.1, -0.05) is 12.5 Å². The van der Waals surface area contributed by atoms with Crippen LogP contribution in [0.4, 0.5) is 5.82 Å². The largest absolute Gasteiger partial charge is 0.353 e. The highest BCUT2D eigenvalue weighted by Crippen LogP contribution is 2.17. The molecule has 5 heteroatoms. The van der Waals surface area contributed by atoms with Crippen molar-refractivity contribution in [2.24, 2.45) is 5.92 Å². The molecule has 21 heavy (non-hydrogen) atoms. The Labute approximate surface area is 126 Å². The maximum absolute atomic E-state index is 12.2. The lowest BCUT2D eigenvalue weighted by Gasteiger charge is -2.34. The van der Waals surface area contributed by atoms with Crippen molar-refractivity contribution in [3.8, 4) is 0 Å². The summed E-state index contributed by atoms with van der Waals surface area (Å²) in [7, 11) is 0. The molecule has 0 radical (unpaired) electrons. The fourth-order valence-electron chi connectivity index (χ4n) is 2.72. The van der Waals surface area contributed by atoms with Crippen LogP contribution in [0.2, 0.25) is 0 Å². The van der Waals surface area contributed by atoms with E-state index in [0.29, 0.717) is 0 Å². The number of aromatic nitrogens is 2. The molecule has 1 fully saturated rings. The predicted octanol–water partition coefficient (Wildman–Crippen LogP) is 2.16. The van der Waals surface area contributed by atoms with Crippen LogP contribution in [0.5, 0.6) is 0 Å². The molecule has 1 aromatic heterocycles. The van der Waals surface area contributed by atoms with E-state index in [1.165, 1.54) is 0 Å². The van der Waals surface area contributed by atoms with Gasteiger partial charge < -0.3 is 10.2 Å². The van der Waals surface area contributed by atoms with E-state index in [-0.39, 0.29) is 17.9 Å². The van der Waals surface area contributed by atoms with Crippen molar-refractivity contribution in [1.82, 2.24) is 15.5 Å². The quantitative estimate of drug-likeness (QED) is 0.844. The van der Waals surface area contributed by atoms with Gasteiger partial charge in [-0.15, -0.1) is 11.7 Å². The van der Waals surface area contributed by atoms with Gasteiger partial charge in [-0.25, -0.2) is 0 Å². The summed E-state index contributed by atoms with van der Waals surface area (Å²) in [6.07, 6.45) is 4.48. The van der Waals surface area contributed by atoms with Crippen LogP contribution in [0.1, 0.15) is 33.1 Å². The van der Waals surface area contributed by atoms with Crippen LogP contribution in [-0.4, -0.2) is 35.2 Å². The summed E-state index contributed by atoms with van der Waals surface area (Å²) in [5.41, 5.74) is 1.04. The van der Waals surface area contributed by atoms with Crippen molar-refractivity contribution in [3.63, 3.8) is 0 Å². The molecule has 1 aliphatic rings. The first-order chi connectivity index (χ1) is 10.1. The predicted molar refractivity (Wildman–Crippen MR) is 84.0 cm³/mol. The Morgan fingerprint density at radius 3 is 3.10 bits per heavy atom. The van der Waals surface area contributed by atoms with Gasteiger partial charge in [0.2, 0.25) is 5.91 Å². The molecule has 2 atom stereocenters. The molecule has 114 valence electrons. The molecule has 0 aromatic carbocycles. The van der Waals surface area contributed by atoms with Gasteiger partial charge in [0.1, 0.15) is 0 Å². The minimum Gasteiger partial charge on any atom is -0.353 e. The van der Waals surface area contributed by atoms with Gasteiger partial charge in [0, 0.05) is 31.2 Å². The smallest absolute Gasteiger partial charge is 0.223 e. The van der Waals surface area contributed by atoms with Crippen LogP contribution >= 0.6 is 0 Å². The Balaban J connectivity index is 1.89. The minimum absolute atomic E-state index is 0.0191. The second-order valence-electron chi connectivity index (χ2n) is 5.94. The normalized spacial score (nSPS) is 19.9. The third-order valence-electron chi connectivity index (χ3n) is 3.75. The van der Waals surface area contributed by atoms with Crippen LogP contribution in [0.25, 0.3) is 0 Å². The molecule has 1 aliphatic heterocycles. The van der Waals surface area contributed by atoms with Crippen LogP contribution in [0.15, 0.2) is 30.5 Å². The minimum atomic E-state index is -0.0191. The van der Waals surface area contributed by atoms with Gasteiger partial charge in [0.25, 0.3) is 0 Å². The molecule has 0 aliphatic carbocycles. The summed E-state index contributed by atoms with van der Waals surface area (Å²) in [5.74, 6) is 0.977. The van der Waals surface area contributed by atoms with E-state index in [2.05, 4.69) is 27.0 Å². The van der Waals surface area contributed by atoms with E-state index < -0.39 is 0 Å². The second kappa shape index (κ2) is 7.20. The number of allylic oxidation sites excluding steroid dienone is 1. The van der Waals surface area contributed by atoms with E-state index in [4.69, 9.17) is 0 Å². The number of rotatable bonds is 5. The average Bonchev–Trinajstić information content (AvgIpc) is 2.47. The Bertz CT molecular complexity index is 488. The van der Waals surface area contributed by atoms with Gasteiger partial charge in [0.15, 0.2) is 5.82 Å². The Morgan fingerprint density at radius 2 is 2.43 bits per heavy atom. The summed E-state index contributed by atoms with van der Waals surface area (Å²) < 4.78 is 0. The van der Waals surface area contributed by atoms with Gasteiger partial charge in [-0.05, 0) is 38.3 Å². The molecule has 1 amide bonds. The maximum Gasteiger partial charge on any atom is 0.223 e. The van der Waals surface area contributed by atoms with Gasteiger partial charge in [-0.3, -0.25) is 4.79 Å². The number of hydrogen-bond donors (Lipinski definition) is 1. The number of carbonyl (C=O) groups is 1. The highest BCUT2D eigenvalue weighted by atomic mass is 16.1. The lowest BCUT2D eigenvalue weighted by atomic mass is 10.0. The number of carbonyl (C=O) groups excluding carboxylic acids is 1. The maximum atomic E-state index is 12.2. The summed E-state index contributed by atoms with van der Waals surface area (Å²) in [6, 6.07) is 4.03. The van der Waals surface area contributed by atoms with E-state index in [0.717, 1.165) is 43.7 Å². The fraction of sp³-hybridized carbons (Fsp3) is 0.562. The molecule has 5 nitrogen and oxygen atoms in total. The van der Waals surface area contributed by atoms with Gasteiger partial charge in [0.05, 0.1) is 0 Å². The summed E-state index contributed by atoms with van der Waals surface area (Å²) >= 11 is 0. The molecule has 1 N–H and O–H groups in total. The van der Waals surface area contributed by atoms with Crippen molar-refractivity contribution in [3.05, 3.63) is 30.5 Å². The highest BCUT2D eigenvalue weighted by molar-refractivity contribution is 5.79. The topological polar surface area (TPSA) is 58.1 Å². The standard InChI is InChI=1S/C16H24N4O/c1-12(2)10-13(3)16(21)18-14-6-5-9-20(11-14)15-7-4-8-17-19-15/h4,7-8,13-14H,1,5-6,9-11H2,2-3H3,(H,18,21)/t13-,14-/m0/s1. The zero-order valence-corrected chi connectivity index (χ0v) is 12.9. The van der Waals surface area contributed by atoms with Crippen molar-refractivity contribution >= 4 is 11.7 Å². The molecule has 1 saturated heterocycles. The number of anilines is 1. The van der Waals surface area contributed by atoms with Crippen molar-refractivity contribution < 1.29 is 4.79 Å². The first-order valence-electron chi connectivity index (χ1n) is 7.53. The lowest BCUT2D eigenvalue weighted by Crippen LogP contribution is -2.49. The Morgan fingerprint density at radius 1 is 1.62 bits per heavy atom. The number of hydrogen-bond acceptors (Lipinski definition) is 4.